The number of carbonyl (C=O) groups excluding carboxylic acids is 1. The molecule has 0 radical (unpaired) electrons. The molecule has 0 aliphatic carbocycles. The number of methoxy groups -OCH3 is 2. The molecule has 6 heteroatoms. The Balaban J connectivity index is 2.42. The summed E-state index contributed by atoms with van der Waals surface area (Å²) in [6, 6.07) is 3.80. The standard InChI is InChI=1S/C17H22N2O3S/c1-6-18-17-19(7-2)16(20)15(23-17)10-12-9-14(22-5)13(21-4)8-11(12)3/h8-10H,6-7H2,1-5H3/b15-10-,18-17?. The molecule has 1 aliphatic heterocycles. The maximum absolute atomic E-state index is 12.5. The monoisotopic (exact) mass is 334 g/mol. The third kappa shape index (κ3) is 3.52. The van der Waals surface area contributed by atoms with Crippen LogP contribution in [0.25, 0.3) is 6.08 Å². The van der Waals surface area contributed by atoms with Crippen LogP contribution < -0.4 is 9.47 Å². The van der Waals surface area contributed by atoms with Crippen molar-refractivity contribution >= 4 is 28.9 Å². The van der Waals surface area contributed by atoms with Gasteiger partial charge in [0.1, 0.15) is 0 Å². The van der Waals surface area contributed by atoms with Crippen LogP contribution in [0.3, 0.4) is 0 Å². The molecule has 0 aromatic heterocycles. The normalized spacial score (nSPS) is 18.1. The molecule has 23 heavy (non-hydrogen) atoms. The number of hydrogen-bond acceptors (Lipinski definition) is 5. The maximum atomic E-state index is 12.5. The summed E-state index contributed by atoms with van der Waals surface area (Å²) in [5.74, 6) is 1.33. The van der Waals surface area contributed by atoms with Gasteiger partial charge in [-0.2, -0.15) is 0 Å². The summed E-state index contributed by atoms with van der Waals surface area (Å²) in [5.41, 5.74) is 1.96. The molecule has 1 aromatic carbocycles. The van der Waals surface area contributed by atoms with Gasteiger partial charge in [0.2, 0.25) is 0 Å². The second-order valence-electron chi connectivity index (χ2n) is 4.98. The smallest absolute Gasteiger partial charge is 0.266 e. The van der Waals surface area contributed by atoms with Crippen molar-refractivity contribution in [3.63, 3.8) is 0 Å². The van der Waals surface area contributed by atoms with E-state index in [-0.39, 0.29) is 5.91 Å². The van der Waals surface area contributed by atoms with Gasteiger partial charge in [-0.15, -0.1) is 0 Å². The van der Waals surface area contributed by atoms with E-state index in [0.717, 1.165) is 16.3 Å². The van der Waals surface area contributed by atoms with Crippen LogP contribution in [-0.2, 0) is 4.79 Å². The van der Waals surface area contributed by atoms with Gasteiger partial charge in [0.05, 0.1) is 19.1 Å². The fourth-order valence-electron chi connectivity index (χ4n) is 2.33. The second kappa shape index (κ2) is 7.55. The van der Waals surface area contributed by atoms with Crippen LogP contribution in [0, 0.1) is 6.92 Å². The van der Waals surface area contributed by atoms with Crippen molar-refractivity contribution in [3.8, 4) is 11.5 Å². The lowest BCUT2D eigenvalue weighted by atomic mass is 10.1. The molecule has 124 valence electrons. The fourth-order valence-corrected chi connectivity index (χ4v) is 3.43. The van der Waals surface area contributed by atoms with Crippen molar-refractivity contribution in [2.45, 2.75) is 20.8 Å². The summed E-state index contributed by atoms with van der Waals surface area (Å²) in [6.45, 7) is 7.18. The van der Waals surface area contributed by atoms with E-state index in [1.165, 1.54) is 11.8 Å². The summed E-state index contributed by atoms with van der Waals surface area (Å²) in [7, 11) is 3.21. The van der Waals surface area contributed by atoms with Crippen molar-refractivity contribution in [3.05, 3.63) is 28.2 Å². The van der Waals surface area contributed by atoms with Gasteiger partial charge in [0, 0.05) is 13.1 Å². The predicted octanol–water partition coefficient (Wildman–Crippen LogP) is 3.32. The molecule has 1 amide bonds. The Labute approximate surface area is 141 Å². The molecule has 1 fully saturated rings. The largest absolute Gasteiger partial charge is 0.493 e. The summed E-state index contributed by atoms with van der Waals surface area (Å²) >= 11 is 1.42. The summed E-state index contributed by atoms with van der Waals surface area (Å²) in [6.07, 6.45) is 1.89. The van der Waals surface area contributed by atoms with Crippen molar-refractivity contribution in [1.29, 1.82) is 0 Å². The summed E-state index contributed by atoms with van der Waals surface area (Å²) in [4.78, 5) is 19.3. The van der Waals surface area contributed by atoms with Crippen LogP contribution in [0.5, 0.6) is 11.5 Å². The van der Waals surface area contributed by atoms with E-state index >= 15 is 0 Å². The number of carbonyl (C=O) groups is 1. The van der Waals surface area contributed by atoms with Gasteiger partial charge < -0.3 is 9.47 Å². The molecule has 5 nitrogen and oxygen atoms in total. The van der Waals surface area contributed by atoms with E-state index in [9.17, 15) is 4.79 Å². The number of benzene rings is 1. The van der Waals surface area contributed by atoms with Gasteiger partial charge in [-0.05, 0) is 61.9 Å². The predicted molar refractivity (Wildman–Crippen MR) is 95.2 cm³/mol. The first-order chi connectivity index (χ1) is 11.0. The first-order valence-corrected chi connectivity index (χ1v) is 8.35. The van der Waals surface area contributed by atoms with Crippen LogP contribution in [0.15, 0.2) is 22.0 Å². The molecule has 1 saturated heterocycles. The molecule has 0 saturated carbocycles. The third-order valence-electron chi connectivity index (χ3n) is 3.56. The number of amides is 1. The minimum absolute atomic E-state index is 0.00103. The highest BCUT2D eigenvalue weighted by atomic mass is 32.2. The molecular weight excluding hydrogens is 312 g/mol. The highest BCUT2D eigenvalue weighted by Crippen LogP contribution is 2.35. The Morgan fingerprint density at radius 2 is 1.87 bits per heavy atom. The van der Waals surface area contributed by atoms with Crippen LogP contribution in [0.2, 0.25) is 0 Å². The lowest BCUT2D eigenvalue weighted by molar-refractivity contribution is -0.122. The first-order valence-electron chi connectivity index (χ1n) is 7.54. The van der Waals surface area contributed by atoms with Gasteiger partial charge in [-0.1, -0.05) is 0 Å². The van der Waals surface area contributed by atoms with E-state index in [2.05, 4.69) is 4.99 Å². The first kappa shape index (κ1) is 17.4. The van der Waals surface area contributed by atoms with Gasteiger partial charge in [0.15, 0.2) is 16.7 Å². The quantitative estimate of drug-likeness (QED) is 0.775. The average Bonchev–Trinajstić information content (AvgIpc) is 2.84. The number of thioether (sulfide) groups is 1. The van der Waals surface area contributed by atoms with Gasteiger partial charge in [-0.25, -0.2) is 0 Å². The number of hydrogen-bond donors (Lipinski definition) is 0. The molecule has 0 unspecified atom stereocenters. The lowest BCUT2D eigenvalue weighted by Crippen LogP contribution is -2.28. The van der Waals surface area contributed by atoms with Crippen molar-refractivity contribution < 1.29 is 14.3 Å². The van der Waals surface area contributed by atoms with Crippen LogP contribution in [0.1, 0.15) is 25.0 Å². The average molecular weight is 334 g/mol. The van der Waals surface area contributed by atoms with Crippen molar-refractivity contribution in [2.24, 2.45) is 4.99 Å². The Bertz CT molecular complexity index is 668. The number of likely N-dealkylation sites (N-methyl/N-ethyl adjacent to an activating group) is 1. The molecule has 1 aromatic rings. The third-order valence-corrected chi connectivity index (χ3v) is 4.60. The molecule has 0 bridgehead atoms. The van der Waals surface area contributed by atoms with E-state index < -0.39 is 0 Å². The molecule has 0 spiro atoms. The molecular formula is C17H22N2O3S. The Hall–Kier alpha value is -1.95. The Morgan fingerprint density at radius 1 is 1.22 bits per heavy atom. The van der Waals surface area contributed by atoms with Gasteiger partial charge in [0.25, 0.3) is 5.91 Å². The fraction of sp³-hybridized carbons (Fsp3) is 0.412. The highest BCUT2D eigenvalue weighted by Gasteiger charge is 2.31. The topological polar surface area (TPSA) is 51.1 Å². The molecule has 0 N–H and O–H groups in total. The minimum Gasteiger partial charge on any atom is -0.493 e. The zero-order valence-electron chi connectivity index (χ0n) is 14.2. The molecule has 1 aliphatic rings. The number of aryl methyl sites for hydroxylation is 1. The Kier molecular flexibility index (Phi) is 5.71. The van der Waals surface area contributed by atoms with Crippen molar-refractivity contribution in [1.82, 2.24) is 4.90 Å². The SMILES string of the molecule is CCN=C1S/C(=C\c2cc(OC)c(OC)cc2C)C(=O)N1CC. The van der Waals surface area contributed by atoms with E-state index in [4.69, 9.17) is 9.47 Å². The van der Waals surface area contributed by atoms with Crippen LogP contribution in [-0.4, -0.2) is 43.3 Å². The minimum atomic E-state index is -0.00103. The number of nitrogens with zero attached hydrogens (tertiary/aromatic N) is 2. The van der Waals surface area contributed by atoms with E-state index in [1.807, 2.05) is 39.0 Å². The maximum Gasteiger partial charge on any atom is 0.266 e. The number of amidine groups is 1. The van der Waals surface area contributed by atoms with E-state index in [1.54, 1.807) is 19.1 Å². The second-order valence-corrected chi connectivity index (χ2v) is 5.99. The van der Waals surface area contributed by atoms with Crippen LogP contribution in [0.4, 0.5) is 0 Å². The molecule has 0 atom stereocenters. The van der Waals surface area contributed by atoms with Crippen LogP contribution >= 0.6 is 11.8 Å². The summed E-state index contributed by atoms with van der Waals surface area (Å²) < 4.78 is 10.6. The zero-order chi connectivity index (χ0) is 17.0. The number of ether oxygens (including phenoxy) is 2. The highest BCUT2D eigenvalue weighted by molar-refractivity contribution is 8.18. The number of rotatable bonds is 5. The molecule has 1 heterocycles. The number of aliphatic imine (C=N–C) groups is 1. The molecule has 2 rings (SSSR count). The Morgan fingerprint density at radius 3 is 2.43 bits per heavy atom. The lowest BCUT2D eigenvalue weighted by Gasteiger charge is -2.12. The van der Waals surface area contributed by atoms with E-state index in [0.29, 0.717) is 29.5 Å². The van der Waals surface area contributed by atoms with Gasteiger partial charge >= 0.3 is 0 Å². The van der Waals surface area contributed by atoms with Crippen molar-refractivity contribution in [2.75, 3.05) is 27.3 Å². The van der Waals surface area contributed by atoms with Gasteiger partial charge in [-0.3, -0.25) is 14.7 Å². The summed E-state index contributed by atoms with van der Waals surface area (Å²) in [5, 5.41) is 0.768. The zero-order valence-corrected chi connectivity index (χ0v) is 15.0.